The Balaban J connectivity index is 2.11. The number of likely N-dealkylation sites (tertiary alicyclic amines) is 1. The van der Waals surface area contributed by atoms with Gasteiger partial charge in [0.15, 0.2) is 0 Å². The quantitative estimate of drug-likeness (QED) is 0.746. The van der Waals surface area contributed by atoms with Crippen LogP contribution in [0.2, 0.25) is 5.02 Å². The summed E-state index contributed by atoms with van der Waals surface area (Å²) in [6, 6.07) is 2.07. The van der Waals surface area contributed by atoms with Gasteiger partial charge in [-0.15, -0.1) is 0 Å². The first-order valence-corrected chi connectivity index (χ1v) is 9.20. The van der Waals surface area contributed by atoms with Crippen LogP contribution in [0.15, 0.2) is 12.1 Å². The fraction of sp³-hybridized carbons (Fsp3) is 0.579. The van der Waals surface area contributed by atoms with Crippen LogP contribution in [0.1, 0.15) is 50.9 Å². The summed E-state index contributed by atoms with van der Waals surface area (Å²) < 4.78 is 24.8. The van der Waals surface area contributed by atoms with Gasteiger partial charge in [0.1, 0.15) is 17.2 Å². The Morgan fingerprint density at radius 3 is 2.59 bits per heavy atom. The van der Waals surface area contributed by atoms with Crippen molar-refractivity contribution >= 4 is 23.7 Å². The van der Waals surface area contributed by atoms with Crippen molar-refractivity contribution in [2.24, 2.45) is 5.92 Å². The molecule has 1 aliphatic heterocycles. The monoisotopic (exact) mass is 401 g/mol. The van der Waals surface area contributed by atoms with E-state index in [-0.39, 0.29) is 34.9 Å². The van der Waals surface area contributed by atoms with E-state index in [1.54, 1.807) is 20.8 Å². The number of carboxylic acid groups (broad SMARTS) is 1. The van der Waals surface area contributed by atoms with Gasteiger partial charge in [0.25, 0.3) is 0 Å². The van der Waals surface area contributed by atoms with Gasteiger partial charge in [-0.05, 0) is 46.6 Å². The second-order valence-electron chi connectivity index (χ2n) is 7.81. The number of amides is 1. The number of benzene rings is 1. The summed E-state index contributed by atoms with van der Waals surface area (Å²) in [5.41, 5.74) is -0.849. The summed E-state index contributed by atoms with van der Waals surface area (Å²) in [7, 11) is 0. The van der Waals surface area contributed by atoms with Gasteiger partial charge < -0.3 is 19.5 Å². The summed E-state index contributed by atoms with van der Waals surface area (Å²) in [5, 5.41) is 9.22. The van der Waals surface area contributed by atoms with Crippen molar-refractivity contribution < 1.29 is 28.6 Å². The van der Waals surface area contributed by atoms with Crippen LogP contribution < -0.4 is 4.74 Å². The summed E-state index contributed by atoms with van der Waals surface area (Å²) in [4.78, 5) is 24.9. The molecule has 150 valence electrons. The minimum atomic E-state index is -0.969. The Hall–Kier alpha value is -2.02. The molecule has 2 atom stereocenters. The molecule has 2 rings (SSSR count). The molecule has 27 heavy (non-hydrogen) atoms. The van der Waals surface area contributed by atoms with Gasteiger partial charge in [0.2, 0.25) is 0 Å². The van der Waals surface area contributed by atoms with E-state index in [1.807, 2.05) is 6.92 Å². The predicted molar refractivity (Wildman–Crippen MR) is 99.0 cm³/mol. The molecule has 1 aliphatic rings. The van der Waals surface area contributed by atoms with Crippen molar-refractivity contribution in [3.63, 3.8) is 0 Å². The van der Waals surface area contributed by atoms with E-state index in [2.05, 4.69) is 0 Å². The summed E-state index contributed by atoms with van der Waals surface area (Å²) >= 11 is 6.23. The van der Waals surface area contributed by atoms with E-state index in [4.69, 9.17) is 21.1 Å². The van der Waals surface area contributed by atoms with Gasteiger partial charge in [-0.25, -0.2) is 14.0 Å². The van der Waals surface area contributed by atoms with E-state index in [1.165, 1.54) is 4.90 Å². The van der Waals surface area contributed by atoms with Crippen LogP contribution in [-0.4, -0.2) is 46.9 Å². The number of hydrogen-bond donors (Lipinski definition) is 1. The van der Waals surface area contributed by atoms with Gasteiger partial charge in [0, 0.05) is 24.6 Å². The van der Waals surface area contributed by atoms with Crippen LogP contribution in [0, 0.1) is 11.7 Å². The van der Waals surface area contributed by atoms with E-state index >= 15 is 0 Å². The van der Waals surface area contributed by atoms with Crippen molar-refractivity contribution in [2.45, 2.75) is 52.2 Å². The van der Waals surface area contributed by atoms with Crippen molar-refractivity contribution in [2.75, 3.05) is 13.2 Å². The van der Waals surface area contributed by atoms with Gasteiger partial charge >= 0.3 is 12.1 Å². The van der Waals surface area contributed by atoms with Crippen LogP contribution in [-0.2, 0) is 4.74 Å². The Kier molecular flexibility index (Phi) is 6.57. The predicted octanol–water partition coefficient (Wildman–Crippen LogP) is 4.59. The van der Waals surface area contributed by atoms with E-state index < -0.39 is 23.5 Å². The lowest BCUT2D eigenvalue weighted by atomic mass is 9.94. The number of hydrogen-bond acceptors (Lipinski definition) is 4. The first-order valence-electron chi connectivity index (χ1n) is 8.82. The van der Waals surface area contributed by atoms with Crippen molar-refractivity contribution in [1.29, 1.82) is 0 Å². The lowest BCUT2D eigenvalue weighted by Crippen LogP contribution is -2.46. The third-order valence-electron chi connectivity index (χ3n) is 4.32. The van der Waals surface area contributed by atoms with Crippen molar-refractivity contribution in [1.82, 2.24) is 4.90 Å². The van der Waals surface area contributed by atoms with Crippen LogP contribution >= 0.6 is 11.6 Å². The molecule has 0 aliphatic carbocycles. The van der Waals surface area contributed by atoms with Gasteiger partial charge in [-0.1, -0.05) is 11.6 Å². The van der Waals surface area contributed by atoms with Gasteiger partial charge in [0.05, 0.1) is 17.2 Å². The Bertz CT molecular complexity index is 719. The second kappa shape index (κ2) is 8.33. The zero-order chi connectivity index (χ0) is 20.4. The Morgan fingerprint density at radius 2 is 2.00 bits per heavy atom. The number of rotatable bonds is 4. The number of carbonyl (C=O) groups excluding carboxylic acids is 1. The first kappa shape index (κ1) is 21.3. The molecule has 1 aromatic rings. The van der Waals surface area contributed by atoms with Gasteiger partial charge in [-0.2, -0.15) is 0 Å². The largest absolute Gasteiger partial charge is 0.492 e. The maximum absolute atomic E-state index is 14.0. The Morgan fingerprint density at radius 1 is 1.33 bits per heavy atom. The molecule has 8 heteroatoms. The van der Waals surface area contributed by atoms with Gasteiger partial charge in [-0.3, -0.25) is 0 Å². The average molecular weight is 402 g/mol. The third-order valence-corrected chi connectivity index (χ3v) is 4.71. The van der Waals surface area contributed by atoms with Crippen LogP contribution in [0.4, 0.5) is 9.18 Å². The van der Waals surface area contributed by atoms with Crippen LogP contribution in [0.3, 0.4) is 0 Å². The zero-order valence-electron chi connectivity index (χ0n) is 15.9. The molecule has 6 nitrogen and oxygen atoms in total. The number of esters is 1. The number of halogens is 2. The molecular weight excluding hydrogens is 377 g/mol. The molecule has 1 N–H and O–H groups in total. The molecule has 0 spiro atoms. The smallest absolute Gasteiger partial charge is 0.407 e. The van der Waals surface area contributed by atoms with E-state index in [9.17, 15) is 19.1 Å². The molecule has 0 saturated carbocycles. The summed E-state index contributed by atoms with van der Waals surface area (Å²) in [5.74, 6) is -1.40. The van der Waals surface area contributed by atoms with Crippen molar-refractivity contribution in [3.05, 3.63) is 28.5 Å². The molecule has 1 heterocycles. The number of ether oxygens (including phenoxy) is 2. The molecule has 2 unspecified atom stereocenters. The highest BCUT2D eigenvalue weighted by atomic mass is 35.5. The minimum absolute atomic E-state index is 0.0232. The van der Waals surface area contributed by atoms with Crippen molar-refractivity contribution in [3.8, 4) is 5.75 Å². The summed E-state index contributed by atoms with van der Waals surface area (Å²) in [6.45, 7) is 7.48. The number of nitrogens with zero attached hydrogens (tertiary/aromatic N) is 1. The molecule has 1 aromatic carbocycles. The molecule has 1 fully saturated rings. The highest BCUT2D eigenvalue weighted by Gasteiger charge is 2.29. The topological polar surface area (TPSA) is 76.1 Å². The summed E-state index contributed by atoms with van der Waals surface area (Å²) in [6.07, 6.45) is 0.542. The Labute approximate surface area is 163 Å². The van der Waals surface area contributed by atoms with Crippen LogP contribution in [0.5, 0.6) is 5.75 Å². The first-order chi connectivity index (χ1) is 12.5. The molecule has 0 aromatic heterocycles. The lowest BCUT2D eigenvalue weighted by molar-refractivity contribution is 0.00683. The molecule has 0 radical (unpaired) electrons. The van der Waals surface area contributed by atoms with Crippen LogP contribution in [0.25, 0.3) is 0 Å². The second-order valence-corrected chi connectivity index (χ2v) is 8.18. The average Bonchev–Trinajstić information content (AvgIpc) is 2.54. The number of piperidine rings is 1. The maximum atomic E-state index is 14.0. The SMILES string of the molecule is CC1CCC(COc2cc(F)cc(C(=O)OC(C)(C)C)c2Cl)CN1C(=O)O. The zero-order valence-corrected chi connectivity index (χ0v) is 16.7. The molecule has 1 saturated heterocycles. The van der Waals surface area contributed by atoms with E-state index in [0.29, 0.717) is 6.54 Å². The molecule has 0 bridgehead atoms. The third kappa shape index (κ3) is 5.73. The lowest BCUT2D eigenvalue weighted by Gasteiger charge is -2.35. The fourth-order valence-corrected chi connectivity index (χ4v) is 3.18. The highest BCUT2D eigenvalue weighted by Crippen LogP contribution is 2.32. The maximum Gasteiger partial charge on any atom is 0.407 e. The minimum Gasteiger partial charge on any atom is -0.492 e. The normalized spacial score (nSPS) is 20.3. The highest BCUT2D eigenvalue weighted by molar-refractivity contribution is 6.35. The molecular formula is C19H25ClFNO5. The number of carbonyl (C=O) groups is 2. The molecule has 1 amide bonds. The standard InChI is InChI=1S/C19H25ClFNO5/c1-11-5-6-12(9-22(11)18(24)25)10-26-15-8-13(21)7-14(16(15)20)17(23)27-19(2,3)4/h7-8,11-12H,5-6,9-10H2,1-4H3,(H,24,25). The van der Waals surface area contributed by atoms with E-state index in [0.717, 1.165) is 25.0 Å². The fourth-order valence-electron chi connectivity index (χ4n) is 2.94.